The van der Waals surface area contributed by atoms with E-state index in [1.54, 1.807) is 71.9 Å². The van der Waals surface area contributed by atoms with Gasteiger partial charge in [-0.2, -0.15) is 41.3 Å². The smallest absolute Gasteiger partial charge is 0.357 e. The molecule has 0 fully saturated rings. The number of aryl methyl sites for hydroxylation is 4. The lowest BCUT2D eigenvalue weighted by molar-refractivity contribution is -0.126. The second-order valence-electron chi connectivity index (χ2n) is 18.3. The van der Waals surface area contributed by atoms with Crippen LogP contribution < -0.4 is 53.9 Å². The van der Waals surface area contributed by atoms with Crippen LogP contribution in [0, 0.1) is 41.5 Å². The first-order valence-electron chi connectivity index (χ1n) is 23.9. The maximum absolute atomic E-state index is 14.0. The third kappa shape index (κ3) is 12.8. The van der Waals surface area contributed by atoms with Gasteiger partial charge in [-0.1, -0.05) is 42.5 Å². The molecule has 26 nitrogen and oxygen atoms in total. The van der Waals surface area contributed by atoms with Crippen LogP contribution in [0.3, 0.4) is 0 Å². The van der Waals surface area contributed by atoms with E-state index in [9.17, 15) is 53.5 Å². The zero-order valence-corrected chi connectivity index (χ0v) is 46.4. The molecule has 426 valence electrons. The molecule has 13 N–H and O–H groups in total. The fourth-order valence-electron chi connectivity index (χ4n) is 9.27. The van der Waals surface area contributed by atoms with Crippen molar-refractivity contribution in [3.63, 3.8) is 0 Å². The van der Waals surface area contributed by atoms with Gasteiger partial charge in [-0.05, 0) is 130 Å². The Morgan fingerprint density at radius 2 is 1.23 bits per heavy atom. The number of rotatable bonds is 17. The van der Waals surface area contributed by atoms with E-state index in [1.807, 2.05) is 0 Å². The van der Waals surface area contributed by atoms with E-state index in [4.69, 9.17) is 21.2 Å². The Morgan fingerprint density at radius 3 is 1.87 bits per heavy atom. The summed E-state index contributed by atoms with van der Waals surface area (Å²) in [5.74, 6) is 9.41. The van der Waals surface area contributed by atoms with Crippen LogP contribution >= 0.6 is 0 Å². The summed E-state index contributed by atoms with van der Waals surface area (Å²) < 4.78 is 114. The summed E-state index contributed by atoms with van der Waals surface area (Å²) in [4.78, 5) is 62.0. The standard InChI is InChI=1S/C53H50N10O16S3/c1-26-17-28(3)49(61-53(67)57-34-13-10-14-35(20-34)62-76-25-64)30(5)47(26)58-39-23-42-37(21-40(39)63-82(73,74)75)46(36-15-7-8-16-44(36)80(68,69)70)38-22-45(81(71,72)79-55)41(24-43(38)77-42)59-48-27(2)18-29(4)50(31(48)6)60-52(66)56-33-12-9-11-32(19-33)51(65)78-54/h7-25,58,62-63H,54-55H2,1-6H3,(H2,56,60,66)(H2,57,61,67)(H,68,69,70)(H,73,74,75)/b59-41-. The number of fused-ring (bicyclic) bond motifs is 2. The van der Waals surface area contributed by atoms with E-state index in [1.165, 1.54) is 66.7 Å². The molecule has 6 aromatic rings. The van der Waals surface area contributed by atoms with Gasteiger partial charge in [0.15, 0.2) is 0 Å². The lowest BCUT2D eigenvalue weighted by Crippen LogP contribution is -2.22. The number of nitrogens with two attached hydrogens (primary N) is 2. The number of benzene rings is 7. The Bertz CT molecular complexity index is 4340. The van der Waals surface area contributed by atoms with Crippen LogP contribution in [0.5, 0.6) is 0 Å². The molecule has 6 aromatic carbocycles. The maximum atomic E-state index is 14.0. The largest absolute Gasteiger partial charge is 0.456 e. The molecule has 0 unspecified atom stereocenters. The molecule has 1 aliphatic heterocycles. The van der Waals surface area contributed by atoms with Gasteiger partial charge in [-0.25, -0.2) is 24.9 Å². The fraction of sp³-hybridized carbons (Fsp3) is 0.113. The highest BCUT2D eigenvalue weighted by Gasteiger charge is 2.29. The minimum absolute atomic E-state index is 0.0556. The predicted octanol–water partition coefficient (Wildman–Crippen LogP) is 8.89. The summed E-state index contributed by atoms with van der Waals surface area (Å²) in [7, 11) is -15.2. The van der Waals surface area contributed by atoms with Gasteiger partial charge < -0.3 is 40.7 Å². The number of hydrogen-bond donors (Lipinski definition) is 11. The number of amides is 4. The van der Waals surface area contributed by atoms with E-state index in [0.717, 1.165) is 12.1 Å². The first kappa shape index (κ1) is 58.7. The topological polar surface area (TPSA) is 401 Å². The van der Waals surface area contributed by atoms with Crippen LogP contribution in [0.2, 0.25) is 0 Å². The van der Waals surface area contributed by atoms with E-state index >= 15 is 0 Å². The van der Waals surface area contributed by atoms with Gasteiger partial charge in [-0.3, -0.25) is 18.6 Å². The second-order valence-corrected chi connectivity index (χ2v) is 22.4. The van der Waals surface area contributed by atoms with Crippen molar-refractivity contribution >= 4 is 117 Å². The summed E-state index contributed by atoms with van der Waals surface area (Å²) >= 11 is 0. The number of carbonyl (C=O) groups excluding carboxylic acids is 4. The molecule has 8 rings (SSSR count). The molecule has 0 bridgehead atoms. The molecule has 2 aliphatic rings. The highest BCUT2D eigenvalue weighted by molar-refractivity contribution is 7.87. The minimum atomic E-state index is -5.12. The number of carbonyl (C=O) groups is 4. The molecule has 0 atom stereocenters. The Balaban J connectivity index is 1.33. The molecule has 0 saturated carbocycles. The van der Waals surface area contributed by atoms with Gasteiger partial charge in [0.05, 0.1) is 45.0 Å². The maximum Gasteiger partial charge on any atom is 0.357 e. The first-order valence-corrected chi connectivity index (χ1v) is 28.2. The van der Waals surface area contributed by atoms with Crippen LogP contribution in [-0.4, -0.2) is 58.9 Å². The molecular weight excluding hydrogens is 1130 g/mol. The highest BCUT2D eigenvalue weighted by atomic mass is 32.2. The molecule has 29 heteroatoms. The van der Waals surface area contributed by atoms with Gasteiger partial charge in [0.1, 0.15) is 21.1 Å². The molecule has 4 amide bonds. The van der Waals surface area contributed by atoms with Crippen molar-refractivity contribution in [2.45, 2.75) is 51.3 Å². The Hall–Kier alpha value is -9.46. The monoisotopic (exact) mass is 1180 g/mol. The van der Waals surface area contributed by atoms with Crippen LogP contribution in [0.15, 0.2) is 128 Å². The quantitative estimate of drug-likeness (QED) is 0.0175. The van der Waals surface area contributed by atoms with Gasteiger partial charge in [0.2, 0.25) is 0 Å². The van der Waals surface area contributed by atoms with Gasteiger partial charge in [0, 0.05) is 51.3 Å². The Labute approximate surface area is 467 Å². The zero-order chi connectivity index (χ0) is 59.6. The number of nitrogens with one attached hydrogen (secondary N) is 7. The van der Waals surface area contributed by atoms with E-state index in [0.29, 0.717) is 56.1 Å². The summed E-state index contributed by atoms with van der Waals surface area (Å²) in [6.45, 7) is 10.3. The van der Waals surface area contributed by atoms with Gasteiger partial charge in [-0.15, -0.1) is 0 Å². The third-order valence-corrected chi connectivity index (χ3v) is 15.2. The van der Waals surface area contributed by atoms with Crippen molar-refractivity contribution in [2.75, 3.05) is 36.8 Å². The van der Waals surface area contributed by atoms with Crippen molar-refractivity contribution < 1.29 is 71.9 Å². The predicted molar refractivity (Wildman–Crippen MR) is 304 cm³/mol. The molecule has 0 spiro atoms. The van der Waals surface area contributed by atoms with Gasteiger partial charge in [0.25, 0.3) is 10.1 Å². The zero-order valence-electron chi connectivity index (χ0n) is 43.9. The van der Waals surface area contributed by atoms with Crippen molar-refractivity contribution in [3.05, 3.63) is 153 Å². The molecule has 1 aliphatic carbocycles. The number of nitrogens with zero attached hydrogens (tertiary/aromatic N) is 1. The fourth-order valence-corrected chi connectivity index (χ4v) is 11.1. The minimum Gasteiger partial charge on any atom is -0.456 e. The molecular formula is C53H50N10O16S3. The van der Waals surface area contributed by atoms with Crippen molar-refractivity contribution in [1.82, 2.24) is 0 Å². The lowest BCUT2D eigenvalue weighted by atomic mass is 9.93. The average molecular weight is 1180 g/mol. The molecule has 1 heterocycles. The lowest BCUT2D eigenvalue weighted by Gasteiger charge is -2.23. The summed E-state index contributed by atoms with van der Waals surface area (Å²) in [5.41, 5.74) is 6.24. The first-order chi connectivity index (χ1) is 38.7. The molecule has 0 saturated heterocycles. The van der Waals surface area contributed by atoms with Crippen LogP contribution in [0.25, 0.3) is 33.4 Å². The van der Waals surface area contributed by atoms with Gasteiger partial charge >= 0.3 is 44.9 Å². The summed E-state index contributed by atoms with van der Waals surface area (Å²) in [6.07, 6.45) is 0. The highest BCUT2D eigenvalue weighted by Crippen LogP contribution is 2.46. The average Bonchev–Trinajstić information content (AvgIpc) is 3.61. The van der Waals surface area contributed by atoms with E-state index in [2.05, 4.69) is 50.7 Å². The van der Waals surface area contributed by atoms with Crippen LogP contribution in [0.4, 0.5) is 60.8 Å². The van der Waals surface area contributed by atoms with Crippen molar-refractivity contribution in [2.24, 2.45) is 16.8 Å². The Kier molecular flexibility index (Phi) is 16.7. The second kappa shape index (κ2) is 23.3. The molecule has 82 heavy (non-hydrogen) atoms. The number of hydrogen-bond acceptors (Lipinski definition) is 19. The normalized spacial score (nSPS) is 11.9. The summed E-state index contributed by atoms with van der Waals surface area (Å²) in [6, 6.07) is 23.8. The van der Waals surface area contributed by atoms with E-state index < -0.39 is 58.4 Å². The van der Waals surface area contributed by atoms with Crippen LogP contribution in [-0.2, 0) is 49.3 Å². The van der Waals surface area contributed by atoms with E-state index in [-0.39, 0.29) is 79.2 Å². The number of urea groups is 2. The van der Waals surface area contributed by atoms with Crippen LogP contribution in [0.1, 0.15) is 43.7 Å². The van der Waals surface area contributed by atoms with Crippen molar-refractivity contribution in [1.29, 1.82) is 0 Å². The van der Waals surface area contributed by atoms with Crippen molar-refractivity contribution in [3.8, 4) is 22.5 Å². The third-order valence-electron chi connectivity index (χ3n) is 12.7. The summed E-state index contributed by atoms with van der Waals surface area (Å²) in [5, 5.41) is 13.6. The SMILES string of the molecule is Cc1cc(C)c(NC(=O)Nc2cccc(C(=O)ON)c2)c(C)c1/N=c1/cc2oc3cc(Nc4c(C)cc(C)c(NC(=O)Nc5cccc(NOC=O)c5)c4C)c(NS(=O)(=O)O)cc3c(-c3ccccc3S(=O)(=O)O)c-2cc1S(=O)(=O)ON. The Morgan fingerprint density at radius 1 is 0.622 bits per heavy atom. The number of anilines is 8. The molecule has 0 aromatic heterocycles. The molecule has 0 radical (unpaired) electrons.